The standard InChI is InChI=1S/C21H25N5O2/c1-11-8-13(9-15(22)12(11)2)14-5-7-24-10-16(14)26-21(27)18-19-17(28-20(18)23)4-3-6-25-19/h3-7,10-13,15H,8-9,22-23H2,1-2H3,(H,26,27). The lowest BCUT2D eigenvalue weighted by atomic mass is 9.71. The second-order valence-electron chi connectivity index (χ2n) is 7.78. The number of rotatable bonds is 3. The molecule has 146 valence electrons. The Kier molecular flexibility index (Phi) is 4.77. The van der Waals surface area contributed by atoms with Crippen molar-refractivity contribution in [3.05, 3.63) is 47.9 Å². The second-order valence-corrected chi connectivity index (χ2v) is 7.78. The highest BCUT2D eigenvalue weighted by molar-refractivity contribution is 6.14. The molecule has 3 aromatic heterocycles. The summed E-state index contributed by atoms with van der Waals surface area (Å²) >= 11 is 0. The van der Waals surface area contributed by atoms with Crippen LogP contribution in [0, 0.1) is 11.8 Å². The molecule has 7 heteroatoms. The van der Waals surface area contributed by atoms with E-state index >= 15 is 0 Å². The highest BCUT2D eigenvalue weighted by Gasteiger charge is 2.32. The summed E-state index contributed by atoms with van der Waals surface area (Å²) in [7, 11) is 0. The molecule has 1 aliphatic rings. The molecule has 3 heterocycles. The van der Waals surface area contributed by atoms with Crippen LogP contribution < -0.4 is 16.8 Å². The quantitative estimate of drug-likeness (QED) is 0.640. The molecule has 4 unspecified atom stereocenters. The first-order chi connectivity index (χ1) is 13.5. The van der Waals surface area contributed by atoms with Crippen molar-refractivity contribution in [2.45, 2.75) is 38.6 Å². The van der Waals surface area contributed by atoms with Gasteiger partial charge in [-0.1, -0.05) is 13.8 Å². The number of nitrogens with two attached hydrogens (primary N) is 2. The number of nitrogens with one attached hydrogen (secondary N) is 1. The Morgan fingerprint density at radius 2 is 2.07 bits per heavy atom. The Labute approximate surface area is 163 Å². The molecule has 5 N–H and O–H groups in total. The average Bonchev–Trinajstić information content (AvgIpc) is 3.02. The molecule has 0 spiro atoms. The maximum atomic E-state index is 13.0. The Bertz CT molecular complexity index is 1000. The van der Waals surface area contributed by atoms with E-state index in [0.717, 1.165) is 18.4 Å². The molecule has 0 aliphatic heterocycles. The zero-order valence-corrected chi connectivity index (χ0v) is 16.1. The first-order valence-corrected chi connectivity index (χ1v) is 9.59. The fourth-order valence-electron chi connectivity index (χ4n) is 4.20. The molecule has 1 saturated carbocycles. The lowest BCUT2D eigenvalue weighted by Crippen LogP contribution is -2.39. The van der Waals surface area contributed by atoms with Crippen molar-refractivity contribution in [2.24, 2.45) is 17.6 Å². The zero-order valence-electron chi connectivity index (χ0n) is 16.1. The predicted octanol–water partition coefficient (Wildman–Crippen LogP) is 3.53. The van der Waals surface area contributed by atoms with Crippen LogP contribution in [-0.4, -0.2) is 21.9 Å². The van der Waals surface area contributed by atoms with Crippen molar-refractivity contribution in [2.75, 3.05) is 11.1 Å². The van der Waals surface area contributed by atoms with Gasteiger partial charge in [0.05, 0.1) is 11.9 Å². The number of fused-ring (bicyclic) bond motifs is 1. The Balaban J connectivity index is 1.64. The summed E-state index contributed by atoms with van der Waals surface area (Å²) in [5.41, 5.74) is 15.2. The number of nitrogen functional groups attached to an aromatic ring is 1. The Hall–Kier alpha value is -2.93. The van der Waals surface area contributed by atoms with Crippen LogP contribution in [0.25, 0.3) is 11.1 Å². The summed E-state index contributed by atoms with van der Waals surface area (Å²) in [5.74, 6) is 0.975. The SMILES string of the molecule is CC1CC(c2ccncc2NC(=O)c2c(N)oc3cccnc23)CC(N)C1C. The van der Waals surface area contributed by atoms with Gasteiger partial charge in [0.25, 0.3) is 5.91 Å². The van der Waals surface area contributed by atoms with Gasteiger partial charge >= 0.3 is 0 Å². The van der Waals surface area contributed by atoms with Gasteiger partial charge < -0.3 is 21.2 Å². The minimum atomic E-state index is -0.356. The van der Waals surface area contributed by atoms with Crippen molar-refractivity contribution in [1.29, 1.82) is 0 Å². The number of aromatic nitrogens is 2. The van der Waals surface area contributed by atoms with Gasteiger partial charge in [0.2, 0.25) is 5.88 Å². The normalized spacial score (nSPS) is 25.0. The van der Waals surface area contributed by atoms with Crippen LogP contribution in [-0.2, 0) is 0 Å². The summed E-state index contributed by atoms with van der Waals surface area (Å²) < 4.78 is 5.47. The van der Waals surface area contributed by atoms with E-state index in [9.17, 15) is 4.79 Å². The van der Waals surface area contributed by atoms with Crippen LogP contribution in [0.15, 0.2) is 41.2 Å². The second kappa shape index (κ2) is 7.24. The van der Waals surface area contributed by atoms with Crippen LogP contribution in [0.3, 0.4) is 0 Å². The van der Waals surface area contributed by atoms with Crippen LogP contribution in [0.1, 0.15) is 48.5 Å². The van der Waals surface area contributed by atoms with Gasteiger partial charge in [0, 0.05) is 18.4 Å². The molecule has 3 aromatic rings. The maximum absolute atomic E-state index is 13.0. The van der Waals surface area contributed by atoms with Gasteiger partial charge in [-0.3, -0.25) is 14.8 Å². The molecule has 0 aromatic carbocycles. The summed E-state index contributed by atoms with van der Waals surface area (Å²) in [6, 6.07) is 5.57. The van der Waals surface area contributed by atoms with E-state index in [4.69, 9.17) is 15.9 Å². The molecule has 1 amide bonds. The molecule has 1 aliphatic carbocycles. The number of carbonyl (C=O) groups is 1. The summed E-state index contributed by atoms with van der Waals surface area (Å²) in [6.45, 7) is 4.45. The first-order valence-electron chi connectivity index (χ1n) is 9.59. The molecular weight excluding hydrogens is 354 g/mol. The molecule has 0 bridgehead atoms. The molecule has 28 heavy (non-hydrogen) atoms. The molecule has 1 fully saturated rings. The van der Waals surface area contributed by atoms with E-state index < -0.39 is 0 Å². The molecular formula is C21H25N5O2. The third-order valence-electron chi connectivity index (χ3n) is 6.03. The molecule has 7 nitrogen and oxygen atoms in total. The van der Waals surface area contributed by atoms with E-state index in [1.165, 1.54) is 0 Å². The van der Waals surface area contributed by atoms with E-state index in [1.54, 1.807) is 30.7 Å². The van der Waals surface area contributed by atoms with Gasteiger partial charge in [-0.15, -0.1) is 0 Å². The average molecular weight is 379 g/mol. The molecule has 4 atom stereocenters. The van der Waals surface area contributed by atoms with Crippen molar-refractivity contribution >= 4 is 28.6 Å². The first kappa shape index (κ1) is 18.4. The van der Waals surface area contributed by atoms with E-state index in [-0.39, 0.29) is 29.3 Å². The van der Waals surface area contributed by atoms with Gasteiger partial charge in [-0.2, -0.15) is 0 Å². The van der Waals surface area contributed by atoms with E-state index in [0.29, 0.717) is 28.6 Å². The van der Waals surface area contributed by atoms with Crippen molar-refractivity contribution < 1.29 is 9.21 Å². The minimum absolute atomic E-state index is 0.0544. The fourth-order valence-corrected chi connectivity index (χ4v) is 4.20. The van der Waals surface area contributed by atoms with Gasteiger partial charge in [0.1, 0.15) is 11.1 Å². The summed E-state index contributed by atoms with van der Waals surface area (Å²) in [6.07, 6.45) is 6.95. The number of pyridine rings is 2. The van der Waals surface area contributed by atoms with Crippen molar-refractivity contribution in [3.8, 4) is 0 Å². The number of hydrogen-bond donors (Lipinski definition) is 3. The molecule has 0 radical (unpaired) electrons. The van der Waals surface area contributed by atoms with E-state index in [1.807, 2.05) is 6.07 Å². The predicted molar refractivity (Wildman–Crippen MR) is 109 cm³/mol. The van der Waals surface area contributed by atoms with E-state index in [2.05, 4.69) is 29.1 Å². The summed E-state index contributed by atoms with van der Waals surface area (Å²) in [4.78, 5) is 21.4. The lowest BCUT2D eigenvalue weighted by Gasteiger charge is -2.37. The number of carbonyl (C=O) groups excluding carboxylic acids is 1. The Morgan fingerprint density at radius 1 is 1.25 bits per heavy atom. The number of hydrogen-bond acceptors (Lipinski definition) is 6. The largest absolute Gasteiger partial charge is 0.438 e. The highest BCUT2D eigenvalue weighted by atomic mass is 16.3. The lowest BCUT2D eigenvalue weighted by molar-refractivity contribution is 0.102. The number of furan rings is 1. The number of nitrogens with zero attached hydrogens (tertiary/aromatic N) is 2. The summed E-state index contributed by atoms with van der Waals surface area (Å²) in [5, 5.41) is 2.96. The van der Waals surface area contributed by atoms with Crippen LogP contribution in [0.4, 0.5) is 11.6 Å². The monoisotopic (exact) mass is 379 g/mol. The maximum Gasteiger partial charge on any atom is 0.263 e. The fraction of sp³-hybridized carbons (Fsp3) is 0.381. The third-order valence-corrected chi connectivity index (χ3v) is 6.03. The van der Waals surface area contributed by atoms with Crippen LogP contribution >= 0.6 is 0 Å². The highest BCUT2D eigenvalue weighted by Crippen LogP contribution is 2.41. The Morgan fingerprint density at radius 3 is 2.86 bits per heavy atom. The van der Waals surface area contributed by atoms with Crippen LogP contribution in [0.2, 0.25) is 0 Å². The minimum Gasteiger partial charge on any atom is -0.438 e. The van der Waals surface area contributed by atoms with Gasteiger partial charge in [-0.05, 0) is 54.4 Å². The number of anilines is 2. The molecule has 0 saturated heterocycles. The third kappa shape index (κ3) is 3.22. The number of amides is 1. The van der Waals surface area contributed by atoms with Gasteiger partial charge in [-0.25, -0.2) is 0 Å². The van der Waals surface area contributed by atoms with Gasteiger partial charge in [0.15, 0.2) is 5.58 Å². The molecule has 4 rings (SSSR count). The van der Waals surface area contributed by atoms with Crippen LogP contribution in [0.5, 0.6) is 0 Å². The smallest absolute Gasteiger partial charge is 0.263 e. The van der Waals surface area contributed by atoms with Crippen molar-refractivity contribution in [3.63, 3.8) is 0 Å². The van der Waals surface area contributed by atoms with Crippen molar-refractivity contribution in [1.82, 2.24) is 9.97 Å². The topological polar surface area (TPSA) is 120 Å². The zero-order chi connectivity index (χ0) is 19.8.